The summed E-state index contributed by atoms with van der Waals surface area (Å²) in [5, 5.41) is 8.20. The summed E-state index contributed by atoms with van der Waals surface area (Å²) in [5.74, 6) is -0.462. The van der Waals surface area contributed by atoms with Crippen LogP contribution in [0.3, 0.4) is 0 Å². The van der Waals surface area contributed by atoms with Gasteiger partial charge in [-0.3, -0.25) is 14.4 Å². The Kier molecular flexibility index (Phi) is 7.28. The number of hydrogen-bond donors (Lipinski definition) is 2. The van der Waals surface area contributed by atoms with Crippen molar-refractivity contribution in [1.29, 1.82) is 0 Å². The topological polar surface area (TPSA) is 78.5 Å². The molecule has 0 saturated carbocycles. The lowest BCUT2D eigenvalue weighted by atomic mass is 10.0. The average molecular weight is 434 g/mol. The molecule has 3 rings (SSSR count). The van der Waals surface area contributed by atoms with Crippen molar-refractivity contribution in [3.63, 3.8) is 0 Å². The molecule has 0 bridgehead atoms. The van der Waals surface area contributed by atoms with Gasteiger partial charge < -0.3 is 15.5 Å². The lowest BCUT2D eigenvalue weighted by Crippen LogP contribution is -2.53. The van der Waals surface area contributed by atoms with Gasteiger partial charge in [0.1, 0.15) is 6.04 Å². The van der Waals surface area contributed by atoms with Gasteiger partial charge in [-0.25, -0.2) is 0 Å². The second-order valence-electron chi connectivity index (χ2n) is 7.10. The van der Waals surface area contributed by atoms with Crippen LogP contribution in [-0.4, -0.2) is 47.8 Å². The van der Waals surface area contributed by atoms with Gasteiger partial charge in [0.2, 0.25) is 11.8 Å². The Hall–Kier alpha value is -2.38. The first-order valence-corrected chi connectivity index (χ1v) is 10.8. The zero-order valence-electron chi connectivity index (χ0n) is 16.2. The number of carbonyl (C=O) groups excluding carboxylic acids is 3. The third-order valence-corrected chi connectivity index (χ3v) is 6.16. The average Bonchev–Trinajstić information content (AvgIpc) is 3.23. The van der Waals surface area contributed by atoms with Crippen molar-refractivity contribution in [3.05, 3.63) is 57.2 Å². The van der Waals surface area contributed by atoms with Crippen LogP contribution < -0.4 is 10.6 Å². The Morgan fingerprint density at radius 2 is 1.90 bits per heavy atom. The minimum absolute atomic E-state index is 0.0302. The molecule has 1 fully saturated rings. The molecule has 6 nitrogen and oxygen atoms in total. The Morgan fingerprint density at radius 3 is 2.52 bits per heavy atom. The van der Waals surface area contributed by atoms with E-state index >= 15 is 0 Å². The Morgan fingerprint density at radius 1 is 1.17 bits per heavy atom. The van der Waals surface area contributed by atoms with E-state index in [1.807, 2.05) is 40.6 Å². The first kappa shape index (κ1) is 21.3. The molecular formula is C21H24ClN3O3S. The van der Waals surface area contributed by atoms with E-state index in [1.165, 1.54) is 18.3 Å². The number of hydrogen-bond acceptors (Lipinski definition) is 4. The van der Waals surface area contributed by atoms with Crippen LogP contribution in [0, 0.1) is 0 Å². The summed E-state index contributed by atoms with van der Waals surface area (Å²) in [4.78, 5) is 39.4. The molecule has 2 N–H and O–H groups in total. The molecular weight excluding hydrogens is 410 g/mol. The zero-order valence-corrected chi connectivity index (χ0v) is 17.8. The molecule has 1 atom stereocenters. The Bertz CT molecular complexity index is 864. The van der Waals surface area contributed by atoms with E-state index < -0.39 is 6.04 Å². The Balaban J connectivity index is 1.56. The van der Waals surface area contributed by atoms with Crippen molar-refractivity contribution in [2.75, 3.05) is 13.1 Å². The fourth-order valence-electron chi connectivity index (χ4n) is 3.42. The summed E-state index contributed by atoms with van der Waals surface area (Å²) in [6.45, 7) is 2.58. The van der Waals surface area contributed by atoms with Crippen LogP contribution in [0.4, 0.5) is 0 Å². The van der Waals surface area contributed by atoms with Crippen LogP contribution in [0.15, 0.2) is 41.8 Å². The summed E-state index contributed by atoms with van der Waals surface area (Å²) < 4.78 is 0. The van der Waals surface area contributed by atoms with Crippen LogP contribution in [0.5, 0.6) is 0 Å². The van der Waals surface area contributed by atoms with Crippen molar-refractivity contribution in [1.82, 2.24) is 15.5 Å². The number of nitrogens with one attached hydrogen (secondary N) is 2. The number of nitrogens with zero attached hydrogens (tertiary/aromatic N) is 1. The predicted octanol–water partition coefficient (Wildman–Crippen LogP) is 2.87. The van der Waals surface area contributed by atoms with Crippen LogP contribution in [0.25, 0.3) is 0 Å². The maximum absolute atomic E-state index is 12.8. The van der Waals surface area contributed by atoms with Gasteiger partial charge in [0.05, 0.1) is 4.88 Å². The third kappa shape index (κ3) is 5.81. The Labute approximate surface area is 179 Å². The number of likely N-dealkylation sites (tertiary alicyclic amines) is 1. The van der Waals surface area contributed by atoms with Gasteiger partial charge in [0.15, 0.2) is 0 Å². The number of piperidine rings is 1. The number of halogens is 1. The van der Waals surface area contributed by atoms with Gasteiger partial charge in [-0.15, -0.1) is 11.3 Å². The second-order valence-corrected chi connectivity index (χ2v) is 8.46. The maximum Gasteiger partial charge on any atom is 0.263 e. The molecule has 2 heterocycles. The number of rotatable bonds is 6. The highest BCUT2D eigenvalue weighted by molar-refractivity contribution is 7.12. The molecule has 3 amide bonds. The van der Waals surface area contributed by atoms with E-state index in [4.69, 9.17) is 11.6 Å². The lowest BCUT2D eigenvalue weighted by Gasteiger charge is -2.33. The van der Waals surface area contributed by atoms with Crippen molar-refractivity contribution >= 4 is 40.7 Å². The second kappa shape index (κ2) is 9.89. The molecule has 0 radical (unpaired) electrons. The maximum atomic E-state index is 12.8. The van der Waals surface area contributed by atoms with Crippen molar-refractivity contribution in [3.8, 4) is 0 Å². The van der Waals surface area contributed by atoms with E-state index in [0.29, 0.717) is 37.4 Å². The third-order valence-electron chi connectivity index (χ3n) is 4.94. The molecule has 1 aliphatic heterocycles. The van der Waals surface area contributed by atoms with Crippen LogP contribution in [0.2, 0.25) is 5.02 Å². The van der Waals surface area contributed by atoms with E-state index in [0.717, 1.165) is 10.4 Å². The molecule has 1 aromatic heterocycles. The van der Waals surface area contributed by atoms with Gasteiger partial charge in [0.25, 0.3) is 5.91 Å². The minimum atomic E-state index is -0.696. The molecule has 0 aliphatic carbocycles. The van der Waals surface area contributed by atoms with E-state index in [1.54, 1.807) is 6.07 Å². The highest BCUT2D eigenvalue weighted by Crippen LogP contribution is 2.19. The number of thiophene rings is 1. The van der Waals surface area contributed by atoms with Gasteiger partial charge in [0, 0.05) is 37.5 Å². The fraction of sp³-hybridized carbons (Fsp3) is 0.381. The summed E-state index contributed by atoms with van der Waals surface area (Å²) in [6.07, 6.45) is 1.68. The van der Waals surface area contributed by atoms with Crippen LogP contribution in [-0.2, 0) is 16.0 Å². The standard InChI is InChI=1S/C21H24ClN3O3S/c1-14(26)23-18(13-15-5-2-3-6-17(15)22)20(27)24-16-8-10-25(11-9-16)21(28)19-7-4-12-29-19/h2-7,12,16,18H,8-11,13H2,1H3,(H,23,26)(H,24,27)/t18-/m0/s1. The molecule has 154 valence electrons. The minimum Gasteiger partial charge on any atom is -0.351 e. The highest BCUT2D eigenvalue weighted by Gasteiger charge is 2.28. The molecule has 1 aliphatic rings. The summed E-state index contributed by atoms with van der Waals surface area (Å²) in [6, 6.07) is 10.3. The molecule has 1 saturated heterocycles. The van der Waals surface area contributed by atoms with Crippen molar-refractivity contribution in [2.45, 2.75) is 38.3 Å². The highest BCUT2D eigenvalue weighted by atomic mass is 35.5. The smallest absolute Gasteiger partial charge is 0.263 e. The predicted molar refractivity (Wildman–Crippen MR) is 114 cm³/mol. The molecule has 0 spiro atoms. The monoisotopic (exact) mass is 433 g/mol. The number of carbonyl (C=O) groups is 3. The SMILES string of the molecule is CC(=O)N[C@@H](Cc1ccccc1Cl)C(=O)NC1CCN(C(=O)c2cccs2)CC1. The summed E-state index contributed by atoms with van der Waals surface area (Å²) in [7, 11) is 0. The zero-order chi connectivity index (χ0) is 20.8. The van der Waals surface area contributed by atoms with Gasteiger partial charge >= 0.3 is 0 Å². The van der Waals surface area contributed by atoms with E-state index in [-0.39, 0.29) is 23.8 Å². The van der Waals surface area contributed by atoms with Gasteiger partial charge in [-0.1, -0.05) is 35.9 Å². The lowest BCUT2D eigenvalue weighted by molar-refractivity contribution is -0.128. The molecule has 0 unspecified atom stereocenters. The van der Waals surface area contributed by atoms with E-state index in [9.17, 15) is 14.4 Å². The normalized spacial score (nSPS) is 15.6. The molecule has 1 aromatic carbocycles. The van der Waals surface area contributed by atoms with Crippen molar-refractivity contribution in [2.24, 2.45) is 0 Å². The molecule has 29 heavy (non-hydrogen) atoms. The summed E-state index contributed by atoms with van der Waals surface area (Å²) in [5.41, 5.74) is 0.805. The first-order valence-electron chi connectivity index (χ1n) is 9.57. The fourth-order valence-corrected chi connectivity index (χ4v) is 4.33. The molecule has 8 heteroatoms. The van der Waals surface area contributed by atoms with Crippen LogP contribution >= 0.6 is 22.9 Å². The van der Waals surface area contributed by atoms with Gasteiger partial charge in [-0.2, -0.15) is 0 Å². The van der Waals surface area contributed by atoms with Crippen molar-refractivity contribution < 1.29 is 14.4 Å². The quantitative estimate of drug-likeness (QED) is 0.735. The number of amides is 3. The number of benzene rings is 1. The van der Waals surface area contributed by atoms with Gasteiger partial charge in [-0.05, 0) is 35.9 Å². The largest absolute Gasteiger partial charge is 0.351 e. The first-order chi connectivity index (χ1) is 13.9. The van der Waals surface area contributed by atoms with E-state index in [2.05, 4.69) is 10.6 Å². The van der Waals surface area contributed by atoms with Crippen LogP contribution in [0.1, 0.15) is 35.0 Å². The molecule has 2 aromatic rings. The summed E-state index contributed by atoms with van der Waals surface area (Å²) >= 11 is 7.64.